The van der Waals surface area contributed by atoms with Crippen molar-refractivity contribution in [3.05, 3.63) is 35.4 Å². The van der Waals surface area contributed by atoms with Crippen molar-refractivity contribution in [3.63, 3.8) is 0 Å². The van der Waals surface area contributed by atoms with Crippen molar-refractivity contribution in [2.45, 2.75) is 65.0 Å². The molecule has 1 aromatic carbocycles. The fourth-order valence-electron chi connectivity index (χ4n) is 3.88. The van der Waals surface area contributed by atoms with Crippen LogP contribution in [0.5, 0.6) is 0 Å². The van der Waals surface area contributed by atoms with Gasteiger partial charge in [0.25, 0.3) is 5.91 Å². The van der Waals surface area contributed by atoms with Gasteiger partial charge in [-0.15, -0.1) is 0 Å². The molecule has 152 valence electrons. The van der Waals surface area contributed by atoms with E-state index in [1.54, 1.807) is 6.92 Å². The summed E-state index contributed by atoms with van der Waals surface area (Å²) in [5, 5.41) is 5.79. The molecule has 2 N–H and O–H groups in total. The van der Waals surface area contributed by atoms with Crippen molar-refractivity contribution >= 4 is 17.8 Å². The fraction of sp³-hybridized carbons (Fsp3) is 0.591. The topological polar surface area (TPSA) is 78.5 Å². The van der Waals surface area contributed by atoms with Crippen molar-refractivity contribution in [2.24, 2.45) is 11.8 Å². The molecule has 1 aromatic rings. The zero-order valence-corrected chi connectivity index (χ0v) is 17.4. The first-order valence-electron chi connectivity index (χ1n) is 10.2. The van der Waals surface area contributed by atoms with Crippen molar-refractivity contribution in [1.29, 1.82) is 0 Å². The third-order valence-corrected chi connectivity index (χ3v) is 5.94. The molecule has 1 saturated heterocycles. The predicted molar refractivity (Wildman–Crippen MR) is 108 cm³/mol. The Hall–Kier alpha value is -2.37. The molecule has 1 saturated carbocycles. The van der Waals surface area contributed by atoms with Crippen LogP contribution in [0.1, 0.15) is 70.5 Å². The van der Waals surface area contributed by atoms with Crippen molar-refractivity contribution in [2.75, 3.05) is 6.54 Å². The Kier molecular flexibility index (Phi) is 5.50. The van der Waals surface area contributed by atoms with E-state index in [2.05, 4.69) is 36.6 Å². The molecule has 1 aliphatic heterocycles. The van der Waals surface area contributed by atoms with Gasteiger partial charge in [0, 0.05) is 0 Å². The second-order valence-electron chi connectivity index (χ2n) is 8.91. The summed E-state index contributed by atoms with van der Waals surface area (Å²) in [6, 6.07) is 7.59. The van der Waals surface area contributed by atoms with E-state index in [-0.39, 0.29) is 36.2 Å². The average molecular weight is 386 g/mol. The Bertz CT molecular complexity index is 768. The lowest BCUT2D eigenvalue weighted by Crippen LogP contribution is -2.47. The Balaban J connectivity index is 1.68. The predicted octanol–water partition coefficient (Wildman–Crippen LogP) is 3.34. The summed E-state index contributed by atoms with van der Waals surface area (Å²) >= 11 is 0. The number of amides is 4. The van der Waals surface area contributed by atoms with Gasteiger partial charge in [0.2, 0.25) is 5.91 Å². The number of nitrogens with one attached hydrogen (secondary N) is 2. The monoisotopic (exact) mass is 385 g/mol. The van der Waals surface area contributed by atoms with Crippen LogP contribution in [0.15, 0.2) is 24.3 Å². The summed E-state index contributed by atoms with van der Waals surface area (Å²) in [5.74, 6) is 0.183. The van der Waals surface area contributed by atoms with Gasteiger partial charge in [-0.2, -0.15) is 0 Å². The van der Waals surface area contributed by atoms with E-state index in [9.17, 15) is 14.4 Å². The molecular weight excluding hydrogens is 354 g/mol. The number of imide groups is 1. The van der Waals surface area contributed by atoms with Gasteiger partial charge in [-0.1, -0.05) is 52.0 Å². The molecule has 0 aromatic heterocycles. The number of benzene rings is 1. The number of hydrogen-bond acceptors (Lipinski definition) is 3. The summed E-state index contributed by atoms with van der Waals surface area (Å²) in [5.41, 5.74) is 1.41. The lowest BCUT2D eigenvalue weighted by molar-refractivity contribution is -0.135. The highest BCUT2D eigenvalue weighted by Gasteiger charge is 2.56. The summed E-state index contributed by atoms with van der Waals surface area (Å²) in [6.07, 6.45) is 1.87. The SMILES string of the molecule is CC(C)c1ccc(C(NC(=O)CN2C(=O)NC(C)(C3CC3)C2=O)C(C)C)cc1. The van der Waals surface area contributed by atoms with Gasteiger partial charge in [-0.25, -0.2) is 4.79 Å². The molecular formula is C22H31N3O3. The molecule has 6 nitrogen and oxygen atoms in total. The first-order valence-corrected chi connectivity index (χ1v) is 10.2. The van der Waals surface area contributed by atoms with Crippen LogP contribution < -0.4 is 10.6 Å². The number of hydrogen-bond donors (Lipinski definition) is 2. The van der Waals surface area contributed by atoms with Gasteiger partial charge in [-0.05, 0) is 48.6 Å². The van der Waals surface area contributed by atoms with Crippen molar-refractivity contribution in [1.82, 2.24) is 15.5 Å². The molecule has 1 heterocycles. The molecule has 0 radical (unpaired) electrons. The standard InChI is InChI=1S/C22H31N3O3/c1-13(2)15-6-8-16(9-7-15)19(14(3)4)23-18(26)12-25-20(27)22(5,17-10-11-17)24-21(25)28/h6-9,13-14,17,19H,10-12H2,1-5H3,(H,23,26)(H,24,28). The summed E-state index contributed by atoms with van der Waals surface area (Å²) in [4.78, 5) is 38.7. The summed E-state index contributed by atoms with van der Waals surface area (Å²) in [7, 11) is 0. The Morgan fingerprint density at radius 1 is 1.14 bits per heavy atom. The summed E-state index contributed by atoms with van der Waals surface area (Å²) in [6.45, 7) is 9.88. The molecule has 2 aliphatic rings. The van der Waals surface area contributed by atoms with Crippen LogP contribution in [0.25, 0.3) is 0 Å². The largest absolute Gasteiger partial charge is 0.347 e. The van der Waals surface area contributed by atoms with E-state index < -0.39 is 11.6 Å². The molecule has 2 fully saturated rings. The van der Waals surface area contributed by atoms with Crippen LogP contribution in [0.4, 0.5) is 4.79 Å². The van der Waals surface area contributed by atoms with Crippen molar-refractivity contribution < 1.29 is 14.4 Å². The van der Waals surface area contributed by atoms with E-state index in [0.29, 0.717) is 5.92 Å². The third kappa shape index (κ3) is 3.91. The van der Waals surface area contributed by atoms with Crippen LogP contribution >= 0.6 is 0 Å². The van der Waals surface area contributed by atoms with Crippen molar-refractivity contribution in [3.8, 4) is 0 Å². The van der Waals surface area contributed by atoms with Crippen LogP contribution in [-0.4, -0.2) is 34.8 Å². The van der Waals surface area contributed by atoms with E-state index in [4.69, 9.17) is 0 Å². The fourth-order valence-corrected chi connectivity index (χ4v) is 3.88. The van der Waals surface area contributed by atoms with Crippen LogP contribution in [0.3, 0.4) is 0 Å². The van der Waals surface area contributed by atoms with E-state index >= 15 is 0 Å². The Labute approximate surface area is 167 Å². The minimum absolute atomic E-state index is 0.175. The molecule has 0 spiro atoms. The van der Waals surface area contributed by atoms with E-state index in [0.717, 1.165) is 23.3 Å². The maximum atomic E-state index is 12.7. The molecule has 2 unspecified atom stereocenters. The van der Waals surface area contributed by atoms with Gasteiger partial charge in [0.15, 0.2) is 0 Å². The molecule has 2 atom stereocenters. The first-order chi connectivity index (χ1) is 13.1. The maximum absolute atomic E-state index is 12.7. The van der Waals surface area contributed by atoms with E-state index in [1.165, 1.54) is 5.56 Å². The maximum Gasteiger partial charge on any atom is 0.325 e. The lowest BCUT2D eigenvalue weighted by atomic mass is 9.93. The number of nitrogens with zero attached hydrogens (tertiary/aromatic N) is 1. The Morgan fingerprint density at radius 3 is 2.21 bits per heavy atom. The molecule has 6 heteroatoms. The molecule has 3 rings (SSSR count). The van der Waals surface area contributed by atoms with E-state index in [1.807, 2.05) is 26.0 Å². The minimum Gasteiger partial charge on any atom is -0.347 e. The van der Waals surface area contributed by atoms with Crippen LogP contribution in [-0.2, 0) is 9.59 Å². The second kappa shape index (κ2) is 7.57. The number of carbonyl (C=O) groups excluding carboxylic acids is 3. The Morgan fingerprint density at radius 2 is 1.71 bits per heavy atom. The zero-order chi connectivity index (χ0) is 20.6. The molecule has 1 aliphatic carbocycles. The highest BCUT2D eigenvalue weighted by atomic mass is 16.2. The smallest absolute Gasteiger partial charge is 0.325 e. The first kappa shape index (κ1) is 20.4. The number of carbonyl (C=O) groups is 3. The highest BCUT2D eigenvalue weighted by molar-refractivity contribution is 6.09. The van der Waals surface area contributed by atoms with Gasteiger partial charge >= 0.3 is 6.03 Å². The average Bonchev–Trinajstić information content (AvgIpc) is 3.46. The third-order valence-electron chi connectivity index (χ3n) is 5.94. The number of rotatable bonds is 7. The normalized spacial score (nSPS) is 23.3. The zero-order valence-electron chi connectivity index (χ0n) is 17.4. The van der Waals surface area contributed by atoms with Gasteiger partial charge in [0.1, 0.15) is 12.1 Å². The minimum atomic E-state index is -0.860. The van der Waals surface area contributed by atoms with Crippen LogP contribution in [0, 0.1) is 11.8 Å². The number of urea groups is 1. The second-order valence-corrected chi connectivity index (χ2v) is 8.91. The van der Waals surface area contributed by atoms with Crippen LogP contribution in [0.2, 0.25) is 0 Å². The molecule has 28 heavy (non-hydrogen) atoms. The molecule has 0 bridgehead atoms. The highest BCUT2D eigenvalue weighted by Crippen LogP contribution is 2.42. The van der Waals surface area contributed by atoms with Gasteiger partial charge < -0.3 is 10.6 Å². The van der Waals surface area contributed by atoms with Gasteiger partial charge in [0.05, 0.1) is 6.04 Å². The summed E-state index contributed by atoms with van der Waals surface area (Å²) < 4.78 is 0. The lowest BCUT2D eigenvalue weighted by Gasteiger charge is -2.25. The quantitative estimate of drug-likeness (QED) is 0.707. The van der Waals surface area contributed by atoms with Gasteiger partial charge in [-0.3, -0.25) is 14.5 Å². The molecule has 4 amide bonds.